The third-order valence-corrected chi connectivity index (χ3v) is 7.93. The zero-order valence-electron chi connectivity index (χ0n) is 20.8. The number of benzene rings is 2. The van der Waals surface area contributed by atoms with Crippen LogP contribution in [0.25, 0.3) is 17.2 Å². The van der Waals surface area contributed by atoms with Gasteiger partial charge in [0.15, 0.2) is 0 Å². The number of aliphatic carboxylic acids is 1. The van der Waals surface area contributed by atoms with E-state index in [0.717, 1.165) is 51.6 Å². The number of carbonyl (C=O) groups is 1. The zero-order valence-corrected chi connectivity index (χ0v) is 20.8. The molecule has 5 heteroatoms. The van der Waals surface area contributed by atoms with Gasteiger partial charge < -0.3 is 15.1 Å². The maximum absolute atomic E-state index is 11.0. The van der Waals surface area contributed by atoms with Gasteiger partial charge in [-0.1, -0.05) is 23.4 Å². The molecule has 0 spiro atoms. The van der Waals surface area contributed by atoms with Crippen molar-refractivity contribution >= 4 is 18.3 Å². The minimum atomic E-state index is -0.987. The highest BCUT2D eigenvalue weighted by Crippen LogP contribution is 2.62. The van der Waals surface area contributed by atoms with E-state index in [1.54, 1.807) is 12.3 Å². The number of aromatic hydroxyl groups is 1. The third kappa shape index (κ3) is 5.00. The van der Waals surface area contributed by atoms with Crippen LogP contribution in [0, 0.1) is 17.8 Å². The molecule has 0 aromatic heterocycles. The van der Waals surface area contributed by atoms with Gasteiger partial charge in [0.2, 0.25) is 0 Å². The monoisotopic (exact) mass is 473 g/mol. The lowest BCUT2D eigenvalue weighted by Crippen LogP contribution is -2.48. The first-order valence-electron chi connectivity index (χ1n) is 12.7. The van der Waals surface area contributed by atoms with Gasteiger partial charge in [-0.05, 0) is 123 Å². The van der Waals surface area contributed by atoms with E-state index in [1.807, 2.05) is 51.1 Å². The molecule has 0 saturated heterocycles. The van der Waals surface area contributed by atoms with Crippen molar-refractivity contribution in [3.8, 4) is 16.9 Å². The molecule has 0 heterocycles. The molecule has 0 aliphatic heterocycles. The molecule has 0 radical (unpaired) electrons. The Morgan fingerprint density at radius 2 is 1.69 bits per heavy atom. The molecule has 0 atom stereocenters. The summed E-state index contributed by atoms with van der Waals surface area (Å²) >= 11 is 0. The Bertz CT molecular complexity index is 1150. The molecule has 2 aromatic rings. The van der Waals surface area contributed by atoms with Crippen molar-refractivity contribution in [3.05, 3.63) is 59.2 Å². The van der Waals surface area contributed by atoms with Gasteiger partial charge in [0, 0.05) is 17.2 Å². The van der Waals surface area contributed by atoms with E-state index >= 15 is 0 Å². The Kier molecular flexibility index (Phi) is 5.98. The quantitative estimate of drug-likeness (QED) is 0.275. The van der Waals surface area contributed by atoms with Gasteiger partial charge in [0.1, 0.15) is 11.4 Å². The summed E-state index contributed by atoms with van der Waals surface area (Å²) in [7, 11) is 0. The van der Waals surface area contributed by atoms with Crippen LogP contribution in [0.2, 0.25) is 0 Å². The standard InChI is InChI=1S/C30H35NO4/c1-29(2,3)35-31-18-24-13-19(5-9-28(33)34)4-7-25(24)23-6-8-27(32)26(14-23)30-15-20-10-21(16-30)12-22(11-20)17-30/h4-9,13-14,18,20-22,32H,10-12,15-17H2,1-3H3,(H,33,34)/b9-5+,31-18-. The lowest BCUT2D eigenvalue weighted by atomic mass is 9.48. The van der Waals surface area contributed by atoms with Crippen LogP contribution < -0.4 is 0 Å². The van der Waals surface area contributed by atoms with Crippen LogP contribution in [-0.4, -0.2) is 28.0 Å². The molecule has 4 aliphatic carbocycles. The summed E-state index contributed by atoms with van der Waals surface area (Å²) in [6.45, 7) is 5.82. The maximum Gasteiger partial charge on any atom is 0.328 e. The van der Waals surface area contributed by atoms with Crippen molar-refractivity contribution in [1.82, 2.24) is 0 Å². The van der Waals surface area contributed by atoms with Crippen LogP contribution in [0.3, 0.4) is 0 Å². The highest BCUT2D eigenvalue weighted by molar-refractivity contribution is 5.92. The van der Waals surface area contributed by atoms with Crippen LogP contribution in [0.5, 0.6) is 5.75 Å². The van der Waals surface area contributed by atoms with E-state index < -0.39 is 11.6 Å². The van der Waals surface area contributed by atoms with Gasteiger partial charge in [-0.3, -0.25) is 0 Å². The summed E-state index contributed by atoms with van der Waals surface area (Å²) in [4.78, 5) is 16.6. The van der Waals surface area contributed by atoms with Gasteiger partial charge in [0.05, 0.1) is 6.21 Å². The summed E-state index contributed by atoms with van der Waals surface area (Å²) in [5, 5.41) is 24.2. The zero-order chi connectivity index (χ0) is 24.8. The van der Waals surface area contributed by atoms with Gasteiger partial charge in [-0.15, -0.1) is 0 Å². The molecule has 0 unspecified atom stereocenters. The maximum atomic E-state index is 11.0. The molecular formula is C30H35NO4. The lowest BCUT2D eigenvalue weighted by molar-refractivity contribution is -0.131. The fourth-order valence-electron chi connectivity index (χ4n) is 7.03. The second-order valence-electron chi connectivity index (χ2n) is 11.9. The number of oxime groups is 1. The normalized spacial score (nSPS) is 27.7. The Morgan fingerprint density at radius 1 is 1.03 bits per heavy atom. The number of carboxylic acids is 1. The Balaban J connectivity index is 1.54. The Morgan fingerprint density at radius 3 is 2.29 bits per heavy atom. The van der Waals surface area contributed by atoms with Crippen LogP contribution in [-0.2, 0) is 15.0 Å². The summed E-state index contributed by atoms with van der Waals surface area (Å²) in [6, 6.07) is 11.8. The van der Waals surface area contributed by atoms with Crippen LogP contribution in [0.1, 0.15) is 76.0 Å². The average molecular weight is 474 g/mol. The van der Waals surface area contributed by atoms with Gasteiger partial charge in [-0.25, -0.2) is 4.79 Å². The van der Waals surface area contributed by atoms with Crippen LogP contribution in [0.4, 0.5) is 0 Å². The number of carboxylic acid groups (broad SMARTS) is 1. The number of rotatable bonds is 6. The van der Waals surface area contributed by atoms with Crippen molar-refractivity contribution in [2.75, 3.05) is 0 Å². The fraction of sp³-hybridized carbons (Fsp3) is 0.467. The molecule has 4 saturated carbocycles. The summed E-state index contributed by atoms with van der Waals surface area (Å²) in [5.41, 5.74) is 4.38. The van der Waals surface area contributed by atoms with Crippen molar-refractivity contribution < 1.29 is 19.8 Å². The molecular weight excluding hydrogens is 438 g/mol. The largest absolute Gasteiger partial charge is 0.508 e. The van der Waals surface area contributed by atoms with Crippen molar-refractivity contribution in [2.45, 2.75) is 70.3 Å². The topological polar surface area (TPSA) is 79.1 Å². The first-order chi connectivity index (χ1) is 16.6. The first-order valence-corrected chi connectivity index (χ1v) is 12.7. The van der Waals surface area contributed by atoms with Crippen molar-refractivity contribution in [2.24, 2.45) is 22.9 Å². The molecule has 4 bridgehead atoms. The van der Waals surface area contributed by atoms with Crippen molar-refractivity contribution in [3.63, 3.8) is 0 Å². The summed E-state index contributed by atoms with van der Waals surface area (Å²) < 4.78 is 0. The predicted molar refractivity (Wildman–Crippen MR) is 138 cm³/mol. The van der Waals surface area contributed by atoms with Crippen molar-refractivity contribution in [1.29, 1.82) is 0 Å². The number of hydrogen-bond acceptors (Lipinski definition) is 4. The second-order valence-corrected chi connectivity index (χ2v) is 11.9. The van der Waals surface area contributed by atoms with E-state index in [9.17, 15) is 9.90 Å². The highest BCUT2D eigenvalue weighted by atomic mass is 16.6. The molecule has 6 rings (SSSR count). The fourth-order valence-corrected chi connectivity index (χ4v) is 7.03. The summed E-state index contributed by atoms with van der Waals surface area (Å²) in [5.74, 6) is 1.80. The molecule has 4 fully saturated rings. The molecule has 4 aliphatic rings. The molecule has 2 N–H and O–H groups in total. The number of nitrogens with zero attached hydrogens (tertiary/aromatic N) is 1. The second kappa shape index (κ2) is 8.85. The predicted octanol–water partition coefficient (Wildman–Crippen LogP) is 6.77. The average Bonchev–Trinajstić information content (AvgIpc) is 2.76. The van der Waals surface area contributed by atoms with E-state index in [2.05, 4.69) is 11.2 Å². The van der Waals surface area contributed by atoms with E-state index in [4.69, 9.17) is 9.94 Å². The molecule has 0 amide bonds. The van der Waals surface area contributed by atoms with Gasteiger partial charge >= 0.3 is 5.97 Å². The molecule has 2 aromatic carbocycles. The Hall–Kier alpha value is -3.08. The molecule has 35 heavy (non-hydrogen) atoms. The van der Waals surface area contributed by atoms with Crippen LogP contribution >= 0.6 is 0 Å². The van der Waals surface area contributed by atoms with Gasteiger partial charge in [-0.2, -0.15) is 0 Å². The first kappa shape index (κ1) is 23.7. The lowest BCUT2D eigenvalue weighted by Gasteiger charge is -2.57. The minimum Gasteiger partial charge on any atom is -0.508 e. The Labute approximate surface area is 207 Å². The van der Waals surface area contributed by atoms with E-state index in [1.165, 1.54) is 38.5 Å². The molecule has 184 valence electrons. The van der Waals surface area contributed by atoms with E-state index in [-0.39, 0.29) is 5.41 Å². The molecule has 5 nitrogen and oxygen atoms in total. The number of phenolic OH excluding ortho intramolecular Hbond substituents is 1. The minimum absolute atomic E-state index is 0.0859. The van der Waals surface area contributed by atoms with Crippen LogP contribution in [0.15, 0.2) is 47.6 Å². The smallest absolute Gasteiger partial charge is 0.328 e. The number of phenols is 1. The SMILES string of the molecule is CC(C)(C)O/N=C\c1cc(/C=C/C(=O)O)ccc1-c1ccc(O)c(C23CC4CC(CC(C4)C2)C3)c1. The summed E-state index contributed by atoms with van der Waals surface area (Å²) in [6.07, 6.45) is 12.0. The highest BCUT2D eigenvalue weighted by Gasteiger charge is 2.52. The third-order valence-electron chi connectivity index (χ3n) is 7.93. The number of hydrogen-bond donors (Lipinski definition) is 2. The van der Waals surface area contributed by atoms with Gasteiger partial charge in [0.25, 0.3) is 0 Å². The van der Waals surface area contributed by atoms with E-state index in [0.29, 0.717) is 5.75 Å².